The highest BCUT2D eigenvalue weighted by Crippen LogP contribution is 2.28. The van der Waals surface area contributed by atoms with Gasteiger partial charge in [0.1, 0.15) is 5.75 Å². The van der Waals surface area contributed by atoms with Crippen LogP contribution in [0.15, 0.2) is 22.7 Å². The number of nitrogens with one attached hydrogen (secondary N) is 3. The first-order valence-corrected chi connectivity index (χ1v) is 8.72. The number of halogens is 1. The third kappa shape index (κ3) is 6.84. The largest absolute Gasteiger partial charge is 0.483 e. The highest BCUT2D eigenvalue weighted by molar-refractivity contribution is 9.10. The van der Waals surface area contributed by atoms with Gasteiger partial charge in [0.15, 0.2) is 11.7 Å². The van der Waals surface area contributed by atoms with Gasteiger partial charge in [-0.3, -0.25) is 20.4 Å². The van der Waals surface area contributed by atoms with Crippen LogP contribution in [-0.2, 0) is 9.59 Å². The summed E-state index contributed by atoms with van der Waals surface area (Å²) in [6, 6.07) is 5.73. The molecule has 0 saturated heterocycles. The third-order valence-electron chi connectivity index (χ3n) is 3.06. The van der Waals surface area contributed by atoms with Crippen molar-refractivity contribution < 1.29 is 14.3 Å². The van der Waals surface area contributed by atoms with Crippen LogP contribution in [0.4, 0.5) is 0 Å². The van der Waals surface area contributed by atoms with Crippen molar-refractivity contribution in [2.24, 2.45) is 5.92 Å². The van der Waals surface area contributed by atoms with E-state index in [2.05, 4.69) is 45.9 Å². The summed E-state index contributed by atoms with van der Waals surface area (Å²) in [5, 5.41) is 2.48. The van der Waals surface area contributed by atoms with Crippen LogP contribution in [-0.4, -0.2) is 23.5 Å². The Balaban J connectivity index is 2.41. The Bertz CT molecular complexity index is 621. The number of hydrazine groups is 1. The van der Waals surface area contributed by atoms with Crippen molar-refractivity contribution in [2.45, 2.75) is 33.6 Å². The van der Waals surface area contributed by atoms with E-state index in [1.54, 1.807) is 13.8 Å². The van der Waals surface area contributed by atoms with Crippen molar-refractivity contribution in [3.8, 4) is 5.75 Å². The molecule has 0 atom stereocenters. The Kier molecular flexibility index (Phi) is 8.14. The molecule has 0 aliphatic heterocycles. The molecular formula is C16H22BrN3O3S. The minimum atomic E-state index is -0.420. The Labute approximate surface area is 155 Å². The summed E-state index contributed by atoms with van der Waals surface area (Å²) in [5.74, 6) is 0.133. The van der Waals surface area contributed by atoms with Gasteiger partial charge in [0.2, 0.25) is 5.91 Å². The number of carbonyl (C=O) groups is 2. The number of ether oxygens (including phenoxy) is 1. The minimum Gasteiger partial charge on any atom is -0.483 e. The van der Waals surface area contributed by atoms with Gasteiger partial charge in [-0.1, -0.05) is 33.8 Å². The predicted molar refractivity (Wildman–Crippen MR) is 101 cm³/mol. The summed E-state index contributed by atoms with van der Waals surface area (Å²) in [7, 11) is 0. The molecule has 1 aromatic carbocycles. The number of hydrogen-bond donors (Lipinski definition) is 3. The number of rotatable bonds is 5. The van der Waals surface area contributed by atoms with Crippen molar-refractivity contribution in [1.82, 2.24) is 16.2 Å². The lowest BCUT2D eigenvalue weighted by atomic mass is 10.0. The highest BCUT2D eigenvalue weighted by Gasteiger charge is 2.10. The molecular weight excluding hydrogens is 394 g/mol. The van der Waals surface area contributed by atoms with Crippen molar-refractivity contribution in [3.63, 3.8) is 0 Å². The van der Waals surface area contributed by atoms with Crippen LogP contribution in [0, 0.1) is 5.92 Å². The summed E-state index contributed by atoms with van der Waals surface area (Å²) in [6.07, 6.45) is 0. The van der Waals surface area contributed by atoms with Crippen molar-refractivity contribution >= 4 is 45.1 Å². The van der Waals surface area contributed by atoms with Gasteiger partial charge in [0, 0.05) is 5.92 Å². The molecule has 1 rings (SSSR count). The summed E-state index contributed by atoms with van der Waals surface area (Å²) in [4.78, 5) is 23.2. The maximum Gasteiger partial charge on any atom is 0.276 e. The molecule has 0 spiro atoms. The van der Waals surface area contributed by atoms with Crippen LogP contribution in [0.2, 0.25) is 0 Å². The Morgan fingerprint density at radius 2 is 1.88 bits per heavy atom. The normalized spacial score (nSPS) is 10.5. The van der Waals surface area contributed by atoms with Gasteiger partial charge >= 0.3 is 0 Å². The molecule has 0 unspecified atom stereocenters. The van der Waals surface area contributed by atoms with E-state index in [1.807, 2.05) is 18.2 Å². The molecule has 0 fully saturated rings. The van der Waals surface area contributed by atoms with E-state index in [0.29, 0.717) is 11.7 Å². The van der Waals surface area contributed by atoms with Crippen molar-refractivity contribution in [1.29, 1.82) is 0 Å². The average Bonchev–Trinajstić information content (AvgIpc) is 2.51. The molecule has 0 bridgehead atoms. The lowest BCUT2D eigenvalue weighted by molar-refractivity contribution is -0.124. The van der Waals surface area contributed by atoms with E-state index in [9.17, 15) is 9.59 Å². The highest BCUT2D eigenvalue weighted by atomic mass is 79.9. The van der Waals surface area contributed by atoms with Crippen LogP contribution in [0.5, 0.6) is 5.75 Å². The number of benzene rings is 1. The molecule has 8 heteroatoms. The second kappa shape index (κ2) is 9.58. The quantitative estimate of drug-likeness (QED) is 0.508. The van der Waals surface area contributed by atoms with Crippen molar-refractivity contribution in [3.05, 3.63) is 28.2 Å². The van der Waals surface area contributed by atoms with E-state index < -0.39 is 5.91 Å². The van der Waals surface area contributed by atoms with Gasteiger partial charge in [0.05, 0.1) is 4.47 Å². The van der Waals surface area contributed by atoms with Gasteiger partial charge in [-0.15, -0.1) is 0 Å². The Hall–Kier alpha value is -1.67. The molecule has 132 valence electrons. The van der Waals surface area contributed by atoms with E-state index in [1.165, 1.54) is 5.56 Å². The lowest BCUT2D eigenvalue weighted by Gasteiger charge is -2.13. The minimum absolute atomic E-state index is 0.0320. The maximum absolute atomic E-state index is 11.7. The second-order valence-corrected chi connectivity index (χ2v) is 7.04. The van der Waals surface area contributed by atoms with E-state index in [-0.39, 0.29) is 23.5 Å². The molecule has 0 heterocycles. The summed E-state index contributed by atoms with van der Waals surface area (Å²) >= 11 is 8.33. The van der Waals surface area contributed by atoms with Gasteiger partial charge in [-0.25, -0.2) is 0 Å². The van der Waals surface area contributed by atoms with Gasteiger partial charge in [-0.05, 0) is 51.8 Å². The van der Waals surface area contributed by atoms with E-state index in [4.69, 9.17) is 17.0 Å². The van der Waals surface area contributed by atoms with E-state index in [0.717, 1.165) is 4.47 Å². The zero-order valence-electron chi connectivity index (χ0n) is 14.1. The number of carbonyl (C=O) groups excluding carboxylic acids is 2. The zero-order chi connectivity index (χ0) is 18.3. The lowest BCUT2D eigenvalue weighted by Crippen LogP contribution is -2.50. The summed E-state index contributed by atoms with van der Waals surface area (Å²) in [5.41, 5.74) is 5.99. The SMILES string of the molecule is CC(C)C(=O)NC(=S)NNC(=O)COc1ccc(C(C)C)cc1Br. The maximum atomic E-state index is 11.7. The number of hydrogen-bond acceptors (Lipinski definition) is 4. The molecule has 6 nitrogen and oxygen atoms in total. The van der Waals surface area contributed by atoms with Crippen LogP contribution in [0.3, 0.4) is 0 Å². The fraction of sp³-hybridized carbons (Fsp3) is 0.438. The molecule has 3 N–H and O–H groups in total. The fourth-order valence-corrected chi connectivity index (χ4v) is 2.25. The summed E-state index contributed by atoms with van der Waals surface area (Å²) < 4.78 is 6.24. The molecule has 0 aliphatic carbocycles. The molecule has 0 aliphatic rings. The third-order valence-corrected chi connectivity index (χ3v) is 3.88. The summed E-state index contributed by atoms with van der Waals surface area (Å²) in [6.45, 7) is 7.50. The Morgan fingerprint density at radius 1 is 1.21 bits per heavy atom. The first kappa shape index (κ1) is 20.4. The van der Waals surface area contributed by atoms with Gasteiger partial charge < -0.3 is 10.1 Å². The molecule has 0 aromatic heterocycles. The fourth-order valence-electron chi connectivity index (χ4n) is 1.59. The van der Waals surface area contributed by atoms with Gasteiger partial charge in [-0.2, -0.15) is 0 Å². The zero-order valence-corrected chi connectivity index (χ0v) is 16.5. The van der Waals surface area contributed by atoms with Gasteiger partial charge in [0.25, 0.3) is 5.91 Å². The second-order valence-electron chi connectivity index (χ2n) is 5.78. The monoisotopic (exact) mass is 415 g/mol. The Morgan fingerprint density at radius 3 is 2.42 bits per heavy atom. The first-order valence-electron chi connectivity index (χ1n) is 7.52. The standard InChI is InChI=1S/C16H22BrN3O3S/c1-9(2)11-5-6-13(12(17)7-11)23-8-14(21)19-20-16(24)18-15(22)10(3)4/h5-7,9-10H,8H2,1-4H3,(H,19,21)(H2,18,20,22,24). The smallest absolute Gasteiger partial charge is 0.276 e. The molecule has 1 aromatic rings. The van der Waals surface area contributed by atoms with E-state index >= 15 is 0 Å². The van der Waals surface area contributed by atoms with Crippen LogP contribution in [0.25, 0.3) is 0 Å². The molecule has 2 amide bonds. The van der Waals surface area contributed by atoms with Crippen LogP contribution < -0.4 is 20.9 Å². The average molecular weight is 416 g/mol. The van der Waals surface area contributed by atoms with Crippen molar-refractivity contribution in [2.75, 3.05) is 6.61 Å². The molecule has 24 heavy (non-hydrogen) atoms. The first-order chi connectivity index (χ1) is 11.2. The predicted octanol–water partition coefficient (Wildman–Crippen LogP) is 2.63. The topological polar surface area (TPSA) is 79.5 Å². The number of thiocarbonyl (C=S) groups is 1. The number of amides is 2. The van der Waals surface area contributed by atoms with Crippen LogP contribution >= 0.6 is 28.1 Å². The molecule has 0 saturated carbocycles. The van der Waals surface area contributed by atoms with Crippen LogP contribution in [0.1, 0.15) is 39.2 Å². The molecule has 0 radical (unpaired) electrons.